The summed E-state index contributed by atoms with van der Waals surface area (Å²) in [6.45, 7) is 0.231. The van der Waals surface area contributed by atoms with E-state index in [9.17, 15) is 13.2 Å². The van der Waals surface area contributed by atoms with Gasteiger partial charge in [-0.3, -0.25) is 0 Å². The van der Waals surface area contributed by atoms with Gasteiger partial charge < -0.3 is 9.73 Å². The maximum atomic E-state index is 12.4. The lowest BCUT2D eigenvalue weighted by Crippen LogP contribution is -2.11. The van der Waals surface area contributed by atoms with Gasteiger partial charge in [0.25, 0.3) is 0 Å². The Labute approximate surface area is 136 Å². The van der Waals surface area contributed by atoms with E-state index < -0.39 is 12.6 Å². The lowest BCUT2D eigenvalue weighted by atomic mass is 10.1. The van der Waals surface area contributed by atoms with Crippen molar-refractivity contribution in [1.82, 2.24) is 10.2 Å². The van der Waals surface area contributed by atoms with Gasteiger partial charge in [0.2, 0.25) is 11.8 Å². The zero-order chi connectivity index (χ0) is 17.0. The molecule has 0 spiro atoms. The molecule has 0 amide bonds. The molecule has 4 nitrogen and oxygen atoms in total. The number of alkyl halides is 3. The van der Waals surface area contributed by atoms with E-state index in [4.69, 9.17) is 4.42 Å². The Morgan fingerprint density at radius 2 is 1.75 bits per heavy atom. The molecule has 0 atom stereocenters. The highest BCUT2D eigenvalue weighted by Crippen LogP contribution is 2.23. The lowest BCUT2D eigenvalue weighted by Gasteiger charge is -2.09. The second-order valence-electron chi connectivity index (χ2n) is 5.21. The van der Waals surface area contributed by atoms with Crippen LogP contribution in [-0.4, -0.2) is 16.4 Å². The van der Waals surface area contributed by atoms with Gasteiger partial charge in [-0.15, -0.1) is 10.2 Å². The number of nitrogens with one attached hydrogen (secondary N) is 1. The first-order valence-electron chi connectivity index (χ1n) is 7.27. The molecule has 0 saturated heterocycles. The van der Waals surface area contributed by atoms with Crippen molar-refractivity contribution in [3.05, 3.63) is 66.1 Å². The third-order valence-electron chi connectivity index (χ3n) is 3.26. The number of nitrogens with zero attached hydrogens (tertiary/aromatic N) is 2. The summed E-state index contributed by atoms with van der Waals surface area (Å²) in [5.74, 6) is 0.758. The molecular formula is C17H14F3N3O. The Bertz CT molecular complexity index is 800. The van der Waals surface area contributed by atoms with E-state index in [0.717, 1.165) is 5.56 Å². The quantitative estimate of drug-likeness (QED) is 0.749. The van der Waals surface area contributed by atoms with E-state index in [2.05, 4.69) is 15.5 Å². The van der Waals surface area contributed by atoms with Gasteiger partial charge in [0, 0.05) is 11.3 Å². The van der Waals surface area contributed by atoms with Crippen LogP contribution in [0.5, 0.6) is 0 Å². The van der Waals surface area contributed by atoms with Gasteiger partial charge in [0.05, 0.1) is 13.0 Å². The second kappa shape index (κ2) is 6.74. The predicted octanol–water partition coefficient (Wildman–Crippen LogP) is 4.45. The molecule has 1 N–H and O–H groups in total. The molecule has 0 unspecified atom stereocenters. The Morgan fingerprint density at radius 1 is 0.958 bits per heavy atom. The molecule has 0 bridgehead atoms. The fourth-order valence-electron chi connectivity index (χ4n) is 2.22. The van der Waals surface area contributed by atoms with Crippen molar-refractivity contribution >= 4 is 5.69 Å². The highest BCUT2D eigenvalue weighted by Gasteiger charge is 2.27. The van der Waals surface area contributed by atoms with E-state index in [1.165, 1.54) is 12.1 Å². The molecule has 0 aliphatic carbocycles. The topological polar surface area (TPSA) is 51.0 Å². The first kappa shape index (κ1) is 16.0. The van der Waals surface area contributed by atoms with Crippen LogP contribution in [-0.2, 0) is 13.0 Å². The van der Waals surface area contributed by atoms with E-state index in [0.29, 0.717) is 17.5 Å². The monoisotopic (exact) mass is 333 g/mol. The van der Waals surface area contributed by atoms with Crippen molar-refractivity contribution in [2.45, 2.75) is 19.1 Å². The third-order valence-corrected chi connectivity index (χ3v) is 3.26. The van der Waals surface area contributed by atoms with Gasteiger partial charge in [0.1, 0.15) is 0 Å². The molecule has 0 fully saturated rings. The van der Waals surface area contributed by atoms with Crippen LogP contribution in [0.1, 0.15) is 11.5 Å². The molecule has 3 rings (SSSR count). The molecule has 3 aromatic rings. The van der Waals surface area contributed by atoms with Crippen molar-refractivity contribution in [3.63, 3.8) is 0 Å². The zero-order valence-corrected chi connectivity index (χ0v) is 12.5. The molecule has 1 aromatic heterocycles. The summed E-state index contributed by atoms with van der Waals surface area (Å²) in [6, 6.07) is 15.5. The normalized spacial score (nSPS) is 11.5. The number of aromatic nitrogens is 2. The minimum atomic E-state index is -4.23. The van der Waals surface area contributed by atoms with Gasteiger partial charge >= 0.3 is 6.18 Å². The SMILES string of the molecule is FC(F)(F)Cc1cccc(NCc2nnc(-c3ccccc3)o2)c1. The van der Waals surface area contributed by atoms with Crippen molar-refractivity contribution in [3.8, 4) is 11.5 Å². The molecule has 0 aliphatic rings. The number of rotatable bonds is 5. The molecule has 124 valence electrons. The van der Waals surface area contributed by atoms with Crippen LogP contribution < -0.4 is 5.32 Å². The van der Waals surface area contributed by atoms with Crippen LogP contribution in [0, 0.1) is 0 Å². The van der Waals surface area contributed by atoms with Crippen LogP contribution in [0.25, 0.3) is 11.5 Å². The minimum absolute atomic E-state index is 0.197. The van der Waals surface area contributed by atoms with E-state index in [-0.39, 0.29) is 12.1 Å². The average Bonchev–Trinajstić information content (AvgIpc) is 3.01. The van der Waals surface area contributed by atoms with E-state index >= 15 is 0 Å². The Balaban J connectivity index is 1.64. The third kappa shape index (κ3) is 4.34. The van der Waals surface area contributed by atoms with Crippen molar-refractivity contribution in [1.29, 1.82) is 0 Å². The molecule has 2 aromatic carbocycles. The van der Waals surface area contributed by atoms with Gasteiger partial charge in [-0.2, -0.15) is 13.2 Å². The number of halogens is 3. The first-order valence-corrected chi connectivity index (χ1v) is 7.27. The first-order chi connectivity index (χ1) is 11.5. The molecule has 7 heteroatoms. The number of anilines is 1. The minimum Gasteiger partial charge on any atom is -0.419 e. The Hall–Kier alpha value is -2.83. The number of benzene rings is 2. The molecule has 24 heavy (non-hydrogen) atoms. The standard InChI is InChI=1S/C17H14F3N3O/c18-17(19,20)10-12-5-4-8-14(9-12)21-11-15-22-23-16(24-15)13-6-2-1-3-7-13/h1-9,21H,10-11H2. The van der Waals surface area contributed by atoms with Crippen LogP contribution in [0.2, 0.25) is 0 Å². The van der Waals surface area contributed by atoms with Crippen LogP contribution in [0.15, 0.2) is 59.0 Å². The average molecular weight is 333 g/mol. The summed E-state index contributed by atoms with van der Waals surface area (Å²) in [7, 11) is 0. The largest absolute Gasteiger partial charge is 0.419 e. The van der Waals surface area contributed by atoms with E-state index in [1.807, 2.05) is 30.3 Å². The number of hydrogen-bond acceptors (Lipinski definition) is 4. The molecule has 0 radical (unpaired) electrons. The molecule has 0 aliphatic heterocycles. The van der Waals surface area contributed by atoms with Gasteiger partial charge in [-0.05, 0) is 29.8 Å². The predicted molar refractivity (Wildman–Crippen MR) is 83.3 cm³/mol. The zero-order valence-electron chi connectivity index (χ0n) is 12.5. The summed E-state index contributed by atoms with van der Waals surface area (Å²) in [6.07, 6.45) is -5.18. The van der Waals surface area contributed by atoms with Gasteiger partial charge in [-0.1, -0.05) is 30.3 Å². The maximum absolute atomic E-state index is 12.4. The van der Waals surface area contributed by atoms with Crippen LogP contribution in [0.3, 0.4) is 0 Å². The van der Waals surface area contributed by atoms with E-state index in [1.54, 1.807) is 12.1 Å². The summed E-state index contributed by atoms with van der Waals surface area (Å²) < 4.78 is 42.8. The summed E-state index contributed by atoms with van der Waals surface area (Å²) >= 11 is 0. The Kier molecular flexibility index (Phi) is 4.50. The van der Waals surface area contributed by atoms with Gasteiger partial charge in [-0.25, -0.2) is 0 Å². The molecule has 1 heterocycles. The summed E-state index contributed by atoms with van der Waals surface area (Å²) in [4.78, 5) is 0. The van der Waals surface area contributed by atoms with Gasteiger partial charge in [0.15, 0.2) is 0 Å². The molecule has 0 saturated carbocycles. The maximum Gasteiger partial charge on any atom is 0.393 e. The van der Waals surface area contributed by atoms with Crippen molar-refractivity contribution < 1.29 is 17.6 Å². The molecular weight excluding hydrogens is 319 g/mol. The fourth-order valence-corrected chi connectivity index (χ4v) is 2.22. The lowest BCUT2D eigenvalue weighted by molar-refractivity contribution is -0.127. The summed E-state index contributed by atoms with van der Waals surface area (Å²) in [5.41, 5.74) is 1.57. The number of hydrogen-bond donors (Lipinski definition) is 1. The van der Waals surface area contributed by atoms with Crippen molar-refractivity contribution in [2.24, 2.45) is 0 Å². The highest BCUT2D eigenvalue weighted by molar-refractivity contribution is 5.52. The van der Waals surface area contributed by atoms with Crippen LogP contribution >= 0.6 is 0 Å². The highest BCUT2D eigenvalue weighted by atomic mass is 19.4. The summed E-state index contributed by atoms with van der Waals surface area (Å²) in [5, 5.41) is 10.9. The second-order valence-corrected chi connectivity index (χ2v) is 5.21. The fraction of sp³-hybridized carbons (Fsp3) is 0.176. The Morgan fingerprint density at radius 3 is 2.50 bits per heavy atom. The smallest absolute Gasteiger partial charge is 0.393 e. The van der Waals surface area contributed by atoms with Crippen LogP contribution in [0.4, 0.5) is 18.9 Å². The van der Waals surface area contributed by atoms with Crippen molar-refractivity contribution in [2.75, 3.05) is 5.32 Å².